The number of halogens is 1. The van der Waals surface area contributed by atoms with Gasteiger partial charge >= 0.3 is 5.97 Å². The van der Waals surface area contributed by atoms with Crippen LogP contribution in [0.3, 0.4) is 0 Å². The van der Waals surface area contributed by atoms with Crippen molar-refractivity contribution in [2.45, 2.75) is 13.0 Å². The molecule has 4 nitrogen and oxygen atoms in total. The molecule has 0 spiro atoms. The van der Waals surface area contributed by atoms with E-state index < -0.39 is 17.9 Å². The topological polar surface area (TPSA) is 44.8 Å². The van der Waals surface area contributed by atoms with Gasteiger partial charge in [0, 0.05) is 14.2 Å². The molecule has 0 bridgehead atoms. The second-order valence-electron chi connectivity index (χ2n) is 2.46. The van der Waals surface area contributed by atoms with Crippen molar-refractivity contribution in [3.63, 3.8) is 0 Å². The first-order chi connectivity index (χ1) is 6.65. The molecule has 0 aromatic rings. The van der Waals surface area contributed by atoms with Crippen LogP contribution in [0.5, 0.6) is 0 Å². The molecule has 1 atom stereocenters. The second kappa shape index (κ2) is 7.46. The number of carbonyl (C=O) groups excluding carboxylic acids is 1. The van der Waals surface area contributed by atoms with Crippen LogP contribution in [0.25, 0.3) is 0 Å². The fourth-order valence-corrected chi connectivity index (χ4v) is 0.780. The summed E-state index contributed by atoms with van der Waals surface area (Å²) in [6.07, 6.45) is 0.450. The van der Waals surface area contributed by atoms with Crippen molar-refractivity contribution in [3.8, 4) is 0 Å². The van der Waals surface area contributed by atoms with Gasteiger partial charge < -0.3 is 14.2 Å². The molecule has 0 aliphatic heterocycles. The second-order valence-corrected chi connectivity index (χ2v) is 2.46. The van der Waals surface area contributed by atoms with Crippen molar-refractivity contribution in [1.29, 1.82) is 0 Å². The lowest BCUT2D eigenvalue weighted by atomic mass is 10.3. The predicted molar refractivity (Wildman–Crippen MR) is 48.5 cm³/mol. The van der Waals surface area contributed by atoms with Gasteiger partial charge in [0.15, 0.2) is 0 Å². The highest BCUT2D eigenvalue weighted by Gasteiger charge is 2.13. The zero-order valence-electron chi connectivity index (χ0n) is 8.58. The summed E-state index contributed by atoms with van der Waals surface area (Å²) in [6.45, 7) is 1.93. The zero-order chi connectivity index (χ0) is 11.0. The van der Waals surface area contributed by atoms with Crippen LogP contribution in [0, 0.1) is 0 Å². The van der Waals surface area contributed by atoms with E-state index in [9.17, 15) is 9.18 Å². The Bertz CT molecular complexity index is 203. The van der Waals surface area contributed by atoms with E-state index in [4.69, 9.17) is 9.47 Å². The first-order valence-electron chi connectivity index (χ1n) is 4.21. The quantitative estimate of drug-likeness (QED) is 0.481. The van der Waals surface area contributed by atoms with Crippen LogP contribution >= 0.6 is 0 Å². The molecule has 0 heterocycles. The van der Waals surface area contributed by atoms with Gasteiger partial charge in [-0.25, -0.2) is 4.79 Å². The molecule has 0 aliphatic rings. The minimum absolute atomic E-state index is 0.141. The van der Waals surface area contributed by atoms with E-state index in [1.165, 1.54) is 14.2 Å². The average Bonchev–Trinajstić information content (AvgIpc) is 2.17. The lowest BCUT2D eigenvalue weighted by molar-refractivity contribution is -0.140. The normalized spacial score (nSPS) is 13.9. The summed E-state index contributed by atoms with van der Waals surface area (Å²) >= 11 is 0. The standard InChI is InChI=1S/C9H15FO4/c1-4-14-9(11)8(10)5-7(13-3)6-12-2/h5,7H,4,6H2,1-3H3. The Balaban J connectivity index is 4.23. The van der Waals surface area contributed by atoms with Crippen molar-refractivity contribution in [2.24, 2.45) is 0 Å². The Morgan fingerprint density at radius 3 is 2.57 bits per heavy atom. The third-order valence-electron chi connectivity index (χ3n) is 1.44. The Labute approximate surface area is 82.6 Å². The van der Waals surface area contributed by atoms with Crippen molar-refractivity contribution >= 4 is 5.97 Å². The molecule has 14 heavy (non-hydrogen) atoms. The molecule has 82 valence electrons. The smallest absolute Gasteiger partial charge is 0.366 e. The molecule has 0 rings (SSSR count). The van der Waals surface area contributed by atoms with Gasteiger partial charge in [-0.05, 0) is 13.0 Å². The van der Waals surface area contributed by atoms with Crippen LogP contribution in [0.2, 0.25) is 0 Å². The zero-order valence-corrected chi connectivity index (χ0v) is 8.58. The Hall–Kier alpha value is -0.940. The molecule has 0 aromatic carbocycles. The van der Waals surface area contributed by atoms with Gasteiger partial charge in [-0.1, -0.05) is 0 Å². The Morgan fingerprint density at radius 1 is 1.50 bits per heavy atom. The van der Waals surface area contributed by atoms with Gasteiger partial charge in [0.05, 0.1) is 13.2 Å². The van der Waals surface area contributed by atoms with E-state index >= 15 is 0 Å². The van der Waals surface area contributed by atoms with Crippen LogP contribution in [0.4, 0.5) is 4.39 Å². The number of methoxy groups -OCH3 is 2. The molecule has 1 unspecified atom stereocenters. The van der Waals surface area contributed by atoms with E-state index in [0.29, 0.717) is 0 Å². The number of carbonyl (C=O) groups is 1. The molecule has 0 aliphatic carbocycles. The number of rotatable bonds is 6. The summed E-state index contributed by atoms with van der Waals surface area (Å²) in [5.41, 5.74) is 0. The molecule has 0 N–H and O–H groups in total. The summed E-state index contributed by atoms with van der Waals surface area (Å²) in [6, 6.07) is 0. The fraction of sp³-hybridized carbons (Fsp3) is 0.667. The lowest BCUT2D eigenvalue weighted by Crippen LogP contribution is -2.16. The first-order valence-corrected chi connectivity index (χ1v) is 4.21. The molecule has 0 saturated carbocycles. The maximum absolute atomic E-state index is 13.0. The molecular weight excluding hydrogens is 191 g/mol. The molecule has 0 radical (unpaired) electrons. The summed E-state index contributed by atoms with van der Waals surface area (Å²) in [4.78, 5) is 10.8. The highest BCUT2D eigenvalue weighted by molar-refractivity contribution is 5.85. The van der Waals surface area contributed by atoms with Crippen LogP contribution in [0.1, 0.15) is 6.92 Å². The van der Waals surface area contributed by atoms with Gasteiger partial charge in [-0.2, -0.15) is 4.39 Å². The molecular formula is C9H15FO4. The van der Waals surface area contributed by atoms with Crippen molar-refractivity contribution in [3.05, 3.63) is 11.9 Å². The van der Waals surface area contributed by atoms with Crippen molar-refractivity contribution in [2.75, 3.05) is 27.4 Å². The monoisotopic (exact) mass is 206 g/mol. The van der Waals surface area contributed by atoms with E-state index in [0.717, 1.165) is 6.08 Å². The third kappa shape index (κ3) is 4.94. The summed E-state index contributed by atoms with van der Waals surface area (Å²) in [5.74, 6) is -1.94. The van der Waals surface area contributed by atoms with Gasteiger partial charge in [-0.15, -0.1) is 0 Å². The van der Waals surface area contributed by atoms with E-state index in [1.54, 1.807) is 6.92 Å². The Morgan fingerprint density at radius 2 is 2.14 bits per heavy atom. The van der Waals surface area contributed by atoms with Gasteiger partial charge in [0.2, 0.25) is 5.83 Å². The highest BCUT2D eigenvalue weighted by atomic mass is 19.1. The fourth-order valence-electron chi connectivity index (χ4n) is 0.780. The molecule has 0 aromatic heterocycles. The maximum Gasteiger partial charge on any atom is 0.366 e. The van der Waals surface area contributed by atoms with Crippen LogP contribution in [0.15, 0.2) is 11.9 Å². The molecule has 0 amide bonds. The van der Waals surface area contributed by atoms with Gasteiger partial charge in [0.1, 0.15) is 6.10 Å². The molecule has 0 fully saturated rings. The number of hydrogen-bond acceptors (Lipinski definition) is 4. The number of hydrogen-bond donors (Lipinski definition) is 0. The van der Waals surface area contributed by atoms with Crippen LogP contribution in [-0.4, -0.2) is 39.5 Å². The predicted octanol–water partition coefficient (Wildman–Crippen LogP) is 1.06. The van der Waals surface area contributed by atoms with Crippen LogP contribution in [-0.2, 0) is 19.0 Å². The SMILES string of the molecule is CCOC(=O)C(F)=CC(COC)OC. The average molecular weight is 206 g/mol. The number of ether oxygens (including phenoxy) is 3. The van der Waals surface area contributed by atoms with E-state index in [1.807, 2.05) is 0 Å². The van der Waals surface area contributed by atoms with Gasteiger partial charge in [-0.3, -0.25) is 0 Å². The van der Waals surface area contributed by atoms with Crippen molar-refractivity contribution in [1.82, 2.24) is 0 Å². The first kappa shape index (κ1) is 13.1. The lowest BCUT2D eigenvalue weighted by Gasteiger charge is -2.09. The largest absolute Gasteiger partial charge is 0.461 e. The summed E-state index contributed by atoms with van der Waals surface area (Å²) in [5, 5.41) is 0. The highest BCUT2D eigenvalue weighted by Crippen LogP contribution is 2.04. The molecule has 5 heteroatoms. The third-order valence-corrected chi connectivity index (χ3v) is 1.44. The molecule has 0 saturated heterocycles. The van der Waals surface area contributed by atoms with E-state index in [2.05, 4.69) is 4.74 Å². The minimum atomic E-state index is -0.981. The number of esters is 1. The van der Waals surface area contributed by atoms with Gasteiger partial charge in [0.25, 0.3) is 0 Å². The Kier molecular flexibility index (Phi) is 6.96. The summed E-state index contributed by atoms with van der Waals surface area (Å²) < 4.78 is 27.0. The minimum Gasteiger partial charge on any atom is -0.461 e. The van der Waals surface area contributed by atoms with Crippen molar-refractivity contribution < 1.29 is 23.4 Å². The van der Waals surface area contributed by atoms with Crippen LogP contribution < -0.4 is 0 Å². The van der Waals surface area contributed by atoms with E-state index in [-0.39, 0.29) is 13.2 Å². The maximum atomic E-state index is 13.0. The summed E-state index contributed by atoms with van der Waals surface area (Å²) in [7, 11) is 2.86.